The van der Waals surface area contributed by atoms with Gasteiger partial charge in [-0.05, 0) is 29.7 Å². The van der Waals surface area contributed by atoms with Gasteiger partial charge in [0.2, 0.25) is 5.91 Å². The predicted octanol–water partition coefficient (Wildman–Crippen LogP) is 2.73. The van der Waals surface area contributed by atoms with Gasteiger partial charge in [-0.3, -0.25) is 9.59 Å². The zero-order valence-corrected chi connectivity index (χ0v) is 14.1. The maximum Gasteiger partial charge on any atom is 0.417 e. The first kappa shape index (κ1) is 18.5. The van der Waals surface area contributed by atoms with Crippen molar-refractivity contribution in [3.8, 4) is 23.0 Å². The summed E-state index contributed by atoms with van der Waals surface area (Å²) >= 11 is 0. The number of hydrogen-bond donors (Lipinski definition) is 2. The summed E-state index contributed by atoms with van der Waals surface area (Å²) in [7, 11) is 0. The van der Waals surface area contributed by atoms with Gasteiger partial charge in [-0.2, -0.15) is 13.2 Å². The van der Waals surface area contributed by atoms with Crippen molar-refractivity contribution in [1.29, 1.82) is 0 Å². The highest BCUT2D eigenvalue weighted by Crippen LogP contribution is 2.37. The first-order chi connectivity index (χ1) is 12.8. The number of nitrogens with one attached hydrogen (secondary N) is 2. The fourth-order valence-electron chi connectivity index (χ4n) is 2.78. The molecule has 7 heteroatoms. The van der Waals surface area contributed by atoms with Crippen LogP contribution < -0.4 is 10.6 Å². The molecule has 2 N–H and O–H groups in total. The summed E-state index contributed by atoms with van der Waals surface area (Å²) in [4.78, 5) is 23.2. The third-order valence-corrected chi connectivity index (χ3v) is 4.08. The Labute approximate surface area is 153 Å². The maximum atomic E-state index is 13.5. The second-order valence-corrected chi connectivity index (χ2v) is 5.98. The topological polar surface area (TPSA) is 58.2 Å². The molecule has 0 spiro atoms. The van der Waals surface area contributed by atoms with Crippen LogP contribution in [0.3, 0.4) is 0 Å². The number of alkyl halides is 3. The molecule has 2 amide bonds. The number of carbonyl (C=O) groups excluding carboxylic acids is 2. The van der Waals surface area contributed by atoms with Gasteiger partial charge in [-0.15, -0.1) is 0 Å². The summed E-state index contributed by atoms with van der Waals surface area (Å²) in [5.74, 6) is 3.66. The van der Waals surface area contributed by atoms with E-state index in [4.69, 9.17) is 0 Å². The second kappa shape index (κ2) is 7.54. The van der Waals surface area contributed by atoms with Crippen molar-refractivity contribution in [1.82, 2.24) is 10.6 Å². The van der Waals surface area contributed by atoms with E-state index in [0.29, 0.717) is 18.5 Å². The van der Waals surface area contributed by atoms with Gasteiger partial charge in [0.25, 0.3) is 5.91 Å². The Morgan fingerprint density at radius 3 is 2.52 bits per heavy atom. The van der Waals surface area contributed by atoms with Crippen molar-refractivity contribution in [2.45, 2.75) is 18.6 Å². The van der Waals surface area contributed by atoms with E-state index in [1.54, 1.807) is 30.3 Å². The molecule has 1 atom stereocenters. The first-order valence-electron chi connectivity index (χ1n) is 8.21. The van der Waals surface area contributed by atoms with E-state index in [1.165, 1.54) is 12.1 Å². The monoisotopic (exact) mass is 372 g/mol. The van der Waals surface area contributed by atoms with E-state index < -0.39 is 23.7 Å². The minimum Gasteiger partial charge on any atom is -0.354 e. The van der Waals surface area contributed by atoms with Gasteiger partial charge in [-0.1, -0.05) is 42.3 Å². The molecule has 138 valence electrons. The van der Waals surface area contributed by atoms with Crippen LogP contribution in [0, 0.1) is 11.8 Å². The SMILES string of the molecule is O=C(C#Cc1ccc(-c2ccccc2)c(C(F)(F)F)c1)N[C@H]1CCNC1=O. The standard InChI is InChI=1S/C20H15F3N2O2/c21-20(22,23)16-12-13(6-8-15(16)14-4-2-1-3-5-14)7-9-18(26)25-17-10-11-24-19(17)27/h1-6,8,12,17H,10-11H2,(H,24,27)(H,25,26)/t17-/m0/s1. The Balaban J connectivity index is 1.85. The molecule has 0 aromatic heterocycles. The molecule has 1 fully saturated rings. The highest BCUT2D eigenvalue weighted by atomic mass is 19.4. The molecule has 1 saturated heterocycles. The molecular weight excluding hydrogens is 357 g/mol. The van der Waals surface area contributed by atoms with Crippen molar-refractivity contribution in [3.63, 3.8) is 0 Å². The molecule has 1 aliphatic heterocycles. The normalized spacial score (nSPS) is 16.3. The van der Waals surface area contributed by atoms with Gasteiger partial charge < -0.3 is 10.6 Å². The summed E-state index contributed by atoms with van der Waals surface area (Å²) in [5, 5.41) is 5.00. The number of hydrogen-bond acceptors (Lipinski definition) is 2. The molecule has 0 unspecified atom stereocenters. The van der Waals surface area contributed by atoms with Crippen molar-refractivity contribution < 1.29 is 22.8 Å². The Hall–Kier alpha value is -3.27. The van der Waals surface area contributed by atoms with Crippen molar-refractivity contribution in [3.05, 3.63) is 59.7 Å². The Morgan fingerprint density at radius 2 is 1.89 bits per heavy atom. The molecule has 1 aliphatic rings. The third kappa shape index (κ3) is 4.47. The summed E-state index contributed by atoms with van der Waals surface area (Å²) < 4.78 is 40.4. The number of carbonyl (C=O) groups is 2. The smallest absolute Gasteiger partial charge is 0.354 e. The molecule has 0 bridgehead atoms. The molecule has 2 aromatic carbocycles. The average molecular weight is 372 g/mol. The lowest BCUT2D eigenvalue weighted by Gasteiger charge is -2.13. The number of amides is 2. The largest absolute Gasteiger partial charge is 0.417 e. The highest BCUT2D eigenvalue weighted by molar-refractivity contribution is 5.98. The van der Waals surface area contributed by atoms with E-state index >= 15 is 0 Å². The summed E-state index contributed by atoms with van der Waals surface area (Å²) in [6, 6.07) is 11.3. The fourth-order valence-corrected chi connectivity index (χ4v) is 2.78. The summed E-state index contributed by atoms with van der Waals surface area (Å²) in [5.41, 5.74) is -0.279. The van der Waals surface area contributed by atoms with Crippen LogP contribution in [0.15, 0.2) is 48.5 Å². The molecular formula is C20H15F3N2O2. The Kier molecular flexibility index (Phi) is 5.17. The minimum atomic E-state index is -4.56. The van der Waals surface area contributed by atoms with E-state index in [0.717, 1.165) is 6.07 Å². The molecule has 2 aromatic rings. The van der Waals surface area contributed by atoms with Gasteiger partial charge in [0.1, 0.15) is 6.04 Å². The van der Waals surface area contributed by atoms with Crippen molar-refractivity contribution >= 4 is 11.8 Å². The average Bonchev–Trinajstić information content (AvgIpc) is 3.04. The molecule has 27 heavy (non-hydrogen) atoms. The molecule has 0 radical (unpaired) electrons. The van der Waals surface area contributed by atoms with Crippen LogP contribution >= 0.6 is 0 Å². The highest BCUT2D eigenvalue weighted by Gasteiger charge is 2.34. The van der Waals surface area contributed by atoms with E-state index in [2.05, 4.69) is 22.5 Å². The lowest BCUT2D eigenvalue weighted by atomic mass is 9.97. The lowest BCUT2D eigenvalue weighted by molar-refractivity contribution is -0.137. The lowest BCUT2D eigenvalue weighted by Crippen LogP contribution is -2.39. The summed E-state index contributed by atoms with van der Waals surface area (Å²) in [6.07, 6.45) is -4.11. The van der Waals surface area contributed by atoms with Crippen molar-refractivity contribution in [2.24, 2.45) is 0 Å². The molecule has 3 rings (SSSR count). The van der Waals surface area contributed by atoms with Gasteiger partial charge in [0.15, 0.2) is 0 Å². The number of benzene rings is 2. The van der Waals surface area contributed by atoms with Crippen LogP contribution in [0.1, 0.15) is 17.5 Å². The number of rotatable bonds is 2. The maximum absolute atomic E-state index is 13.5. The predicted molar refractivity (Wildman–Crippen MR) is 93.3 cm³/mol. The quantitative estimate of drug-likeness (QED) is 0.797. The van der Waals surface area contributed by atoms with Crippen LogP contribution in [-0.4, -0.2) is 24.4 Å². The number of halogens is 3. The van der Waals surface area contributed by atoms with E-state index in [-0.39, 0.29) is 17.0 Å². The van der Waals surface area contributed by atoms with E-state index in [1.807, 2.05) is 0 Å². The van der Waals surface area contributed by atoms with Crippen LogP contribution in [-0.2, 0) is 15.8 Å². The zero-order valence-electron chi connectivity index (χ0n) is 14.1. The van der Waals surface area contributed by atoms with Gasteiger partial charge in [-0.25, -0.2) is 0 Å². The molecule has 0 aliphatic carbocycles. The third-order valence-electron chi connectivity index (χ3n) is 4.08. The van der Waals surface area contributed by atoms with Gasteiger partial charge in [0, 0.05) is 18.0 Å². The van der Waals surface area contributed by atoms with Crippen LogP contribution in [0.4, 0.5) is 13.2 Å². The van der Waals surface area contributed by atoms with E-state index in [9.17, 15) is 22.8 Å². The fraction of sp³-hybridized carbons (Fsp3) is 0.200. The Morgan fingerprint density at radius 1 is 1.15 bits per heavy atom. The minimum absolute atomic E-state index is 0.0423. The summed E-state index contributed by atoms with van der Waals surface area (Å²) in [6.45, 7) is 0.465. The van der Waals surface area contributed by atoms with Crippen LogP contribution in [0.2, 0.25) is 0 Å². The molecule has 1 heterocycles. The Bertz CT molecular complexity index is 928. The molecule has 4 nitrogen and oxygen atoms in total. The second-order valence-electron chi connectivity index (χ2n) is 5.98. The van der Waals surface area contributed by atoms with Gasteiger partial charge in [0.05, 0.1) is 5.56 Å². The van der Waals surface area contributed by atoms with Crippen molar-refractivity contribution in [2.75, 3.05) is 6.54 Å². The zero-order chi connectivity index (χ0) is 19.4. The van der Waals surface area contributed by atoms with Crippen LogP contribution in [0.25, 0.3) is 11.1 Å². The van der Waals surface area contributed by atoms with Crippen LogP contribution in [0.5, 0.6) is 0 Å². The molecule has 0 saturated carbocycles. The first-order valence-corrected chi connectivity index (χ1v) is 8.21. The van der Waals surface area contributed by atoms with Gasteiger partial charge >= 0.3 is 6.18 Å².